The Morgan fingerprint density at radius 1 is 1.17 bits per heavy atom. The van der Waals surface area contributed by atoms with Gasteiger partial charge in [-0.25, -0.2) is 0 Å². The average molecular weight is 395 g/mol. The predicted molar refractivity (Wildman–Crippen MR) is 112 cm³/mol. The molecule has 152 valence electrons. The molecule has 1 fully saturated rings. The van der Waals surface area contributed by atoms with E-state index in [9.17, 15) is 10.1 Å². The fraction of sp³-hybridized carbons (Fsp3) is 0.364. The number of H-pyrrole nitrogens is 1. The van der Waals surface area contributed by atoms with Crippen molar-refractivity contribution in [3.8, 4) is 11.5 Å². The first-order valence-corrected chi connectivity index (χ1v) is 9.88. The van der Waals surface area contributed by atoms with Crippen LogP contribution in [0.1, 0.15) is 24.3 Å². The van der Waals surface area contributed by atoms with Crippen LogP contribution >= 0.6 is 0 Å². The number of likely N-dealkylation sites (tertiary alicyclic amines) is 1. The van der Waals surface area contributed by atoms with E-state index in [-0.39, 0.29) is 5.69 Å². The first-order valence-electron chi connectivity index (χ1n) is 9.88. The molecule has 4 rings (SSSR count). The summed E-state index contributed by atoms with van der Waals surface area (Å²) >= 11 is 0. The first-order chi connectivity index (χ1) is 14.1. The molecule has 0 atom stereocenters. The minimum atomic E-state index is -0.405. The summed E-state index contributed by atoms with van der Waals surface area (Å²) in [5.41, 5.74) is 2.57. The van der Waals surface area contributed by atoms with Gasteiger partial charge in [0, 0.05) is 29.7 Å². The van der Waals surface area contributed by atoms with Gasteiger partial charge in [0.1, 0.15) is 18.1 Å². The molecular formula is C22H25N3O4. The highest BCUT2D eigenvalue weighted by Crippen LogP contribution is 2.34. The zero-order chi connectivity index (χ0) is 20.2. The molecule has 1 saturated heterocycles. The fourth-order valence-electron chi connectivity index (χ4n) is 4.03. The largest absolute Gasteiger partial charge is 0.497 e. The second-order valence-electron chi connectivity index (χ2n) is 7.37. The lowest BCUT2D eigenvalue weighted by molar-refractivity contribution is -0.384. The molecule has 0 bridgehead atoms. The lowest BCUT2D eigenvalue weighted by Crippen LogP contribution is -2.35. The predicted octanol–water partition coefficient (Wildman–Crippen LogP) is 4.34. The van der Waals surface area contributed by atoms with Gasteiger partial charge >= 0.3 is 0 Å². The van der Waals surface area contributed by atoms with Gasteiger partial charge in [-0.3, -0.25) is 15.0 Å². The minimum absolute atomic E-state index is 0.0543. The van der Waals surface area contributed by atoms with E-state index in [0.29, 0.717) is 18.3 Å². The molecule has 0 amide bonds. The summed E-state index contributed by atoms with van der Waals surface area (Å²) in [4.78, 5) is 16.2. The van der Waals surface area contributed by atoms with Crippen LogP contribution in [0, 0.1) is 10.1 Å². The molecule has 2 heterocycles. The maximum atomic E-state index is 10.9. The summed E-state index contributed by atoms with van der Waals surface area (Å²) < 4.78 is 11.1. The second-order valence-corrected chi connectivity index (χ2v) is 7.37. The van der Waals surface area contributed by atoms with Gasteiger partial charge in [0.15, 0.2) is 0 Å². The molecule has 29 heavy (non-hydrogen) atoms. The lowest BCUT2D eigenvalue weighted by atomic mass is 9.89. The summed E-state index contributed by atoms with van der Waals surface area (Å²) in [6.07, 6.45) is 4.33. The first kappa shape index (κ1) is 19.3. The van der Waals surface area contributed by atoms with Crippen molar-refractivity contribution in [2.45, 2.75) is 18.8 Å². The monoisotopic (exact) mass is 395 g/mol. The third-order valence-electron chi connectivity index (χ3n) is 5.65. The maximum absolute atomic E-state index is 10.9. The molecule has 1 aliphatic rings. The van der Waals surface area contributed by atoms with E-state index in [0.717, 1.165) is 43.7 Å². The third kappa shape index (κ3) is 4.35. The fourth-order valence-corrected chi connectivity index (χ4v) is 4.03. The minimum Gasteiger partial charge on any atom is -0.497 e. The number of rotatable bonds is 7. The van der Waals surface area contributed by atoms with Crippen molar-refractivity contribution in [1.29, 1.82) is 0 Å². The molecule has 0 aliphatic carbocycles. The van der Waals surface area contributed by atoms with Crippen LogP contribution in [-0.2, 0) is 0 Å². The van der Waals surface area contributed by atoms with E-state index in [1.165, 1.54) is 23.1 Å². The number of nitrogens with zero attached hydrogens (tertiary/aromatic N) is 2. The highest BCUT2D eigenvalue weighted by Gasteiger charge is 2.23. The van der Waals surface area contributed by atoms with Crippen LogP contribution in [0.25, 0.3) is 10.9 Å². The number of aromatic amines is 1. The van der Waals surface area contributed by atoms with Gasteiger partial charge in [-0.2, -0.15) is 0 Å². The number of non-ortho nitro benzene ring substituents is 1. The number of hydrogen-bond donors (Lipinski definition) is 1. The normalized spacial score (nSPS) is 15.5. The van der Waals surface area contributed by atoms with E-state index >= 15 is 0 Å². The maximum Gasteiger partial charge on any atom is 0.273 e. The van der Waals surface area contributed by atoms with Gasteiger partial charge in [0.05, 0.1) is 18.1 Å². The van der Waals surface area contributed by atoms with Crippen molar-refractivity contribution in [3.05, 3.63) is 64.3 Å². The summed E-state index contributed by atoms with van der Waals surface area (Å²) in [7, 11) is 1.70. The van der Waals surface area contributed by atoms with Gasteiger partial charge in [-0.15, -0.1) is 0 Å². The summed E-state index contributed by atoms with van der Waals surface area (Å²) in [6.45, 7) is 3.37. The molecule has 0 radical (unpaired) electrons. The molecule has 7 nitrogen and oxygen atoms in total. The molecule has 0 unspecified atom stereocenters. The van der Waals surface area contributed by atoms with Crippen LogP contribution in [0.15, 0.2) is 48.7 Å². The number of piperidine rings is 1. The Morgan fingerprint density at radius 2 is 2.00 bits per heavy atom. The van der Waals surface area contributed by atoms with E-state index < -0.39 is 4.92 Å². The molecule has 0 saturated carbocycles. The van der Waals surface area contributed by atoms with Crippen molar-refractivity contribution in [3.63, 3.8) is 0 Å². The van der Waals surface area contributed by atoms with Crippen LogP contribution in [0.3, 0.4) is 0 Å². The Hall–Kier alpha value is -3.06. The number of nitro groups is 1. The lowest BCUT2D eigenvalue weighted by Gasteiger charge is -2.31. The molecular weight excluding hydrogens is 370 g/mol. The molecule has 1 aromatic heterocycles. The van der Waals surface area contributed by atoms with Crippen LogP contribution in [0.2, 0.25) is 0 Å². The topological polar surface area (TPSA) is 80.6 Å². The summed E-state index contributed by atoms with van der Waals surface area (Å²) in [5, 5.41) is 12.1. The van der Waals surface area contributed by atoms with Crippen LogP contribution in [0.5, 0.6) is 11.5 Å². The van der Waals surface area contributed by atoms with Gasteiger partial charge in [0.25, 0.3) is 5.69 Å². The molecule has 2 aromatic carbocycles. The number of nitro benzene ring substituents is 1. The number of benzene rings is 2. The van der Waals surface area contributed by atoms with Crippen LogP contribution in [0.4, 0.5) is 5.69 Å². The van der Waals surface area contributed by atoms with E-state index in [2.05, 4.69) is 28.2 Å². The Kier molecular flexibility index (Phi) is 5.67. The highest BCUT2D eigenvalue weighted by molar-refractivity contribution is 5.85. The standard InChI is InChI=1S/C22H25N3O4/c1-28-18-5-6-22-20(14-18)21(15-23-22)16-7-9-24(10-8-16)11-12-29-19-4-2-3-17(13-19)25(26)27/h2-6,13-16,23H,7-12H2,1H3. The highest BCUT2D eigenvalue weighted by atomic mass is 16.6. The van der Waals surface area contributed by atoms with E-state index in [4.69, 9.17) is 9.47 Å². The molecule has 0 spiro atoms. The SMILES string of the molecule is COc1ccc2[nH]cc(C3CCN(CCOc4cccc([N+](=O)[O-])c4)CC3)c2c1. The number of hydrogen-bond acceptors (Lipinski definition) is 5. The molecule has 3 aromatic rings. The van der Waals surface area contributed by atoms with E-state index in [1.54, 1.807) is 19.2 Å². The van der Waals surface area contributed by atoms with Gasteiger partial charge in [0.2, 0.25) is 0 Å². The number of ether oxygens (including phenoxy) is 2. The Balaban J connectivity index is 1.30. The third-order valence-corrected chi connectivity index (χ3v) is 5.65. The Bertz CT molecular complexity index is 993. The Labute approximate surface area is 169 Å². The van der Waals surface area contributed by atoms with E-state index in [1.807, 2.05) is 6.07 Å². The van der Waals surface area contributed by atoms with Crippen LogP contribution < -0.4 is 9.47 Å². The molecule has 1 N–H and O–H groups in total. The average Bonchev–Trinajstić information content (AvgIpc) is 3.17. The van der Waals surface area contributed by atoms with Gasteiger partial charge in [-0.05, 0) is 61.7 Å². The van der Waals surface area contributed by atoms with Gasteiger partial charge in [-0.1, -0.05) is 6.07 Å². The van der Waals surface area contributed by atoms with Crippen molar-refractivity contribution in [2.75, 3.05) is 33.4 Å². The zero-order valence-electron chi connectivity index (χ0n) is 16.5. The molecule has 7 heteroatoms. The van der Waals surface area contributed by atoms with Gasteiger partial charge < -0.3 is 14.5 Å². The number of fused-ring (bicyclic) bond motifs is 1. The van der Waals surface area contributed by atoms with Crippen molar-refractivity contribution in [1.82, 2.24) is 9.88 Å². The van der Waals surface area contributed by atoms with Crippen molar-refractivity contribution in [2.24, 2.45) is 0 Å². The number of aromatic nitrogens is 1. The number of methoxy groups -OCH3 is 1. The van der Waals surface area contributed by atoms with Crippen molar-refractivity contribution >= 4 is 16.6 Å². The quantitative estimate of drug-likeness (QED) is 0.475. The summed E-state index contributed by atoms with van der Waals surface area (Å²) in [6, 6.07) is 12.5. The zero-order valence-corrected chi connectivity index (χ0v) is 16.5. The van der Waals surface area contributed by atoms with Crippen LogP contribution in [-0.4, -0.2) is 48.2 Å². The summed E-state index contributed by atoms with van der Waals surface area (Å²) in [5.74, 6) is 1.96. The molecule has 1 aliphatic heterocycles. The second kappa shape index (κ2) is 8.53. The smallest absolute Gasteiger partial charge is 0.273 e. The number of nitrogens with one attached hydrogen (secondary N) is 1. The Morgan fingerprint density at radius 3 is 2.76 bits per heavy atom. The van der Waals surface area contributed by atoms with Crippen molar-refractivity contribution < 1.29 is 14.4 Å².